The molecule has 1 aliphatic rings. The van der Waals surface area contributed by atoms with E-state index in [1.807, 2.05) is 43.5 Å². The Morgan fingerprint density at radius 3 is 2.92 bits per heavy atom. The number of pyridine rings is 1. The topological polar surface area (TPSA) is 59.0 Å². The first-order valence-corrected chi connectivity index (χ1v) is 9.27. The van der Waals surface area contributed by atoms with Gasteiger partial charge in [-0.1, -0.05) is 24.1 Å². The Balaban J connectivity index is 1.68. The molecule has 2 aromatic heterocycles. The molecule has 0 saturated heterocycles. The molecule has 134 valence electrons. The predicted molar refractivity (Wildman–Crippen MR) is 105 cm³/mol. The van der Waals surface area contributed by atoms with Crippen LogP contribution in [0.15, 0.2) is 42.7 Å². The number of fused-ring (bicyclic) bond motifs is 1. The van der Waals surface area contributed by atoms with Crippen molar-refractivity contribution in [1.29, 1.82) is 0 Å². The number of halogens is 1. The monoisotopic (exact) mass is 368 g/mol. The predicted octanol–water partition coefficient (Wildman–Crippen LogP) is 5.10. The number of hydrogen-bond acceptors (Lipinski definition) is 3. The van der Waals surface area contributed by atoms with Gasteiger partial charge in [0.15, 0.2) is 5.82 Å². The van der Waals surface area contributed by atoms with Gasteiger partial charge in [-0.3, -0.25) is 4.57 Å². The van der Waals surface area contributed by atoms with Crippen molar-refractivity contribution < 1.29 is 4.79 Å². The number of nitrogens with zero attached hydrogens (tertiary/aromatic N) is 2. The largest absolute Gasteiger partial charge is 0.338 e. The summed E-state index contributed by atoms with van der Waals surface area (Å²) in [6.45, 7) is 2.73. The van der Waals surface area contributed by atoms with Gasteiger partial charge in [0.05, 0.1) is 0 Å². The summed E-state index contributed by atoms with van der Waals surface area (Å²) < 4.78 is 1.66. The van der Waals surface area contributed by atoms with E-state index in [4.69, 9.17) is 11.6 Å². The standard InChI is InChI=1S/C20H21ClN4O/c1-13-12-25(20(26)23-11-14-4-2-5-14)18-17(13)8-9-22-19(18)24-16-7-3-6-15(21)10-16/h3,6-10,12,14H,2,4-5,11H2,1H3,(H,22,24)(H,23,26). The third kappa shape index (κ3) is 3.27. The quantitative estimate of drug-likeness (QED) is 0.673. The summed E-state index contributed by atoms with van der Waals surface area (Å²) in [4.78, 5) is 17.2. The molecule has 26 heavy (non-hydrogen) atoms. The minimum atomic E-state index is -0.114. The van der Waals surface area contributed by atoms with Crippen molar-refractivity contribution in [3.63, 3.8) is 0 Å². The van der Waals surface area contributed by atoms with Crippen LogP contribution in [0.2, 0.25) is 5.02 Å². The lowest BCUT2D eigenvalue weighted by atomic mass is 9.85. The van der Waals surface area contributed by atoms with Gasteiger partial charge >= 0.3 is 6.03 Å². The number of hydrogen-bond donors (Lipinski definition) is 2. The molecule has 6 heteroatoms. The van der Waals surface area contributed by atoms with Crippen LogP contribution in [0.1, 0.15) is 24.8 Å². The highest BCUT2D eigenvalue weighted by atomic mass is 35.5. The van der Waals surface area contributed by atoms with Gasteiger partial charge in [-0.25, -0.2) is 9.78 Å². The first-order chi connectivity index (χ1) is 12.6. The lowest BCUT2D eigenvalue weighted by molar-refractivity contribution is 0.235. The number of anilines is 2. The van der Waals surface area contributed by atoms with Crippen molar-refractivity contribution in [3.05, 3.63) is 53.3 Å². The SMILES string of the molecule is Cc1cn(C(=O)NCC2CCC2)c2c(Nc3cccc(Cl)c3)nccc12. The molecule has 0 bridgehead atoms. The number of aryl methyl sites for hydroxylation is 1. The van der Waals surface area contributed by atoms with Crippen LogP contribution in [-0.4, -0.2) is 22.1 Å². The second kappa shape index (κ2) is 7.00. The number of benzene rings is 1. The number of amides is 1. The molecule has 1 fully saturated rings. The van der Waals surface area contributed by atoms with E-state index >= 15 is 0 Å². The zero-order chi connectivity index (χ0) is 18.1. The average molecular weight is 369 g/mol. The first kappa shape index (κ1) is 16.9. The number of nitrogens with one attached hydrogen (secondary N) is 2. The van der Waals surface area contributed by atoms with E-state index < -0.39 is 0 Å². The molecule has 0 aliphatic heterocycles. The molecule has 0 unspecified atom stereocenters. The second-order valence-corrected chi connectivity index (χ2v) is 7.29. The van der Waals surface area contributed by atoms with Crippen LogP contribution in [0.25, 0.3) is 10.9 Å². The van der Waals surface area contributed by atoms with Crippen molar-refractivity contribution in [2.75, 3.05) is 11.9 Å². The zero-order valence-electron chi connectivity index (χ0n) is 14.6. The highest BCUT2D eigenvalue weighted by Gasteiger charge is 2.20. The summed E-state index contributed by atoms with van der Waals surface area (Å²) in [6, 6.07) is 9.27. The van der Waals surface area contributed by atoms with Gasteiger partial charge in [-0.05, 0) is 55.5 Å². The number of carbonyl (C=O) groups excluding carboxylic acids is 1. The number of rotatable bonds is 4. The Bertz CT molecular complexity index is 962. The van der Waals surface area contributed by atoms with Gasteiger partial charge in [-0.2, -0.15) is 0 Å². The minimum Gasteiger partial charge on any atom is -0.338 e. The lowest BCUT2D eigenvalue weighted by Crippen LogP contribution is -2.34. The van der Waals surface area contributed by atoms with E-state index in [0.29, 0.717) is 16.8 Å². The van der Waals surface area contributed by atoms with Gasteiger partial charge in [-0.15, -0.1) is 0 Å². The second-order valence-electron chi connectivity index (χ2n) is 6.86. The van der Waals surface area contributed by atoms with Crippen LogP contribution in [0, 0.1) is 12.8 Å². The van der Waals surface area contributed by atoms with Crippen molar-refractivity contribution >= 4 is 40.0 Å². The van der Waals surface area contributed by atoms with Gasteiger partial charge in [0, 0.05) is 35.0 Å². The third-order valence-corrected chi connectivity index (χ3v) is 5.22. The molecule has 2 N–H and O–H groups in total. The minimum absolute atomic E-state index is 0.114. The van der Waals surface area contributed by atoms with Gasteiger partial charge in [0.2, 0.25) is 0 Å². The zero-order valence-corrected chi connectivity index (χ0v) is 15.4. The lowest BCUT2D eigenvalue weighted by Gasteiger charge is -2.25. The smallest absolute Gasteiger partial charge is 0.326 e. The summed E-state index contributed by atoms with van der Waals surface area (Å²) in [5.41, 5.74) is 2.64. The number of aromatic nitrogens is 2. The summed E-state index contributed by atoms with van der Waals surface area (Å²) in [6.07, 6.45) is 7.29. The highest BCUT2D eigenvalue weighted by molar-refractivity contribution is 6.30. The Kier molecular flexibility index (Phi) is 4.55. The highest BCUT2D eigenvalue weighted by Crippen LogP contribution is 2.29. The van der Waals surface area contributed by atoms with E-state index in [-0.39, 0.29) is 6.03 Å². The van der Waals surface area contributed by atoms with E-state index in [9.17, 15) is 4.79 Å². The van der Waals surface area contributed by atoms with E-state index in [1.54, 1.807) is 10.8 Å². The molecule has 1 amide bonds. The van der Waals surface area contributed by atoms with E-state index in [1.165, 1.54) is 19.3 Å². The molecule has 2 heterocycles. The van der Waals surface area contributed by atoms with Crippen molar-refractivity contribution in [2.45, 2.75) is 26.2 Å². The molecule has 0 radical (unpaired) electrons. The van der Waals surface area contributed by atoms with Crippen LogP contribution in [0.4, 0.5) is 16.3 Å². The summed E-state index contributed by atoms with van der Waals surface area (Å²) >= 11 is 6.08. The maximum Gasteiger partial charge on any atom is 0.326 e. The summed E-state index contributed by atoms with van der Waals surface area (Å²) in [7, 11) is 0. The molecular formula is C20H21ClN4O. The maximum absolute atomic E-state index is 12.8. The Morgan fingerprint density at radius 2 is 2.19 bits per heavy atom. The van der Waals surface area contributed by atoms with Crippen molar-refractivity contribution in [1.82, 2.24) is 14.9 Å². The van der Waals surface area contributed by atoms with Crippen LogP contribution in [-0.2, 0) is 0 Å². The number of carbonyl (C=O) groups is 1. The van der Waals surface area contributed by atoms with Crippen LogP contribution in [0.5, 0.6) is 0 Å². The Labute approximate surface area is 157 Å². The Morgan fingerprint density at radius 1 is 1.35 bits per heavy atom. The molecular weight excluding hydrogens is 348 g/mol. The maximum atomic E-state index is 12.8. The van der Waals surface area contributed by atoms with Crippen molar-refractivity contribution in [3.8, 4) is 0 Å². The van der Waals surface area contributed by atoms with Crippen LogP contribution < -0.4 is 10.6 Å². The molecule has 5 nitrogen and oxygen atoms in total. The summed E-state index contributed by atoms with van der Waals surface area (Å²) in [5, 5.41) is 7.99. The Hall–Kier alpha value is -2.53. The van der Waals surface area contributed by atoms with Gasteiger partial charge in [0.1, 0.15) is 5.52 Å². The molecule has 1 aromatic carbocycles. The molecule has 4 rings (SSSR count). The fourth-order valence-electron chi connectivity index (χ4n) is 3.31. The van der Waals surface area contributed by atoms with E-state index in [0.717, 1.165) is 28.7 Å². The fraction of sp³-hybridized carbons (Fsp3) is 0.300. The molecule has 1 saturated carbocycles. The van der Waals surface area contributed by atoms with Crippen LogP contribution >= 0.6 is 11.6 Å². The molecule has 1 aliphatic carbocycles. The summed E-state index contributed by atoms with van der Waals surface area (Å²) in [5.74, 6) is 1.25. The van der Waals surface area contributed by atoms with Gasteiger partial charge in [0.25, 0.3) is 0 Å². The molecule has 3 aromatic rings. The average Bonchev–Trinajstić information content (AvgIpc) is 2.92. The normalized spacial score (nSPS) is 14.2. The van der Waals surface area contributed by atoms with Crippen LogP contribution in [0.3, 0.4) is 0 Å². The first-order valence-electron chi connectivity index (χ1n) is 8.89. The fourth-order valence-corrected chi connectivity index (χ4v) is 3.50. The molecule has 0 atom stereocenters. The van der Waals surface area contributed by atoms with E-state index in [2.05, 4.69) is 15.6 Å². The van der Waals surface area contributed by atoms with Gasteiger partial charge < -0.3 is 10.6 Å². The molecule has 0 spiro atoms. The third-order valence-electron chi connectivity index (χ3n) is 4.99. The van der Waals surface area contributed by atoms with Crippen molar-refractivity contribution in [2.24, 2.45) is 5.92 Å².